The molecule has 160 valence electrons. The van der Waals surface area contributed by atoms with Gasteiger partial charge in [-0.25, -0.2) is 4.98 Å². The number of anilines is 1. The Morgan fingerprint density at radius 2 is 2.10 bits per heavy atom. The quantitative estimate of drug-likeness (QED) is 0.481. The first-order chi connectivity index (χ1) is 14.3. The molecule has 1 amide bonds. The van der Waals surface area contributed by atoms with Gasteiger partial charge in [0.1, 0.15) is 18.1 Å². The van der Waals surface area contributed by atoms with Gasteiger partial charge < -0.3 is 15.7 Å². The molecule has 0 saturated heterocycles. The maximum Gasteiger partial charge on any atom is 0.405 e. The fraction of sp³-hybridized carbons (Fsp3) is 0.368. The molecule has 0 bridgehead atoms. The minimum Gasteiger partial charge on any atom is -0.396 e. The molecule has 3 heterocycles. The lowest BCUT2D eigenvalue weighted by atomic mass is 10.2. The number of hydrogen-bond donors (Lipinski definition) is 3. The van der Waals surface area contributed by atoms with Gasteiger partial charge in [0.15, 0.2) is 0 Å². The number of alkyl halides is 3. The van der Waals surface area contributed by atoms with E-state index in [4.69, 9.17) is 5.11 Å². The smallest absolute Gasteiger partial charge is 0.396 e. The number of carbonyl (C=O) groups excluding carboxylic acids is 1. The second-order valence-electron chi connectivity index (χ2n) is 6.73. The van der Waals surface area contributed by atoms with Crippen LogP contribution in [0.15, 0.2) is 30.7 Å². The average molecular weight is 422 g/mol. The summed E-state index contributed by atoms with van der Waals surface area (Å²) in [5.74, 6) is -0.182. The summed E-state index contributed by atoms with van der Waals surface area (Å²) in [6.45, 7) is 1.16. The lowest BCUT2D eigenvalue weighted by molar-refractivity contribution is -0.115. The van der Waals surface area contributed by atoms with E-state index in [0.29, 0.717) is 36.0 Å². The second kappa shape index (κ2) is 9.08. The summed E-state index contributed by atoms with van der Waals surface area (Å²) in [6.07, 6.45) is 0.792. The molecule has 0 fully saturated rings. The van der Waals surface area contributed by atoms with Gasteiger partial charge in [-0.3, -0.25) is 14.5 Å². The molecule has 8 nitrogen and oxygen atoms in total. The molecule has 0 aliphatic heterocycles. The van der Waals surface area contributed by atoms with Crippen molar-refractivity contribution in [1.29, 1.82) is 0 Å². The van der Waals surface area contributed by atoms with Gasteiger partial charge in [-0.15, -0.1) is 0 Å². The van der Waals surface area contributed by atoms with Gasteiger partial charge in [0.2, 0.25) is 0 Å². The van der Waals surface area contributed by atoms with Crippen LogP contribution in [0, 0.1) is 6.92 Å². The van der Waals surface area contributed by atoms with E-state index in [1.807, 2.05) is 0 Å². The van der Waals surface area contributed by atoms with Crippen molar-refractivity contribution in [3.63, 3.8) is 0 Å². The fourth-order valence-electron chi connectivity index (χ4n) is 2.90. The first-order valence-corrected chi connectivity index (χ1v) is 9.24. The molecular weight excluding hydrogens is 401 g/mol. The van der Waals surface area contributed by atoms with Crippen molar-refractivity contribution in [1.82, 2.24) is 25.1 Å². The number of hydrogen-bond acceptors (Lipinski definition) is 6. The number of amides is 1. The molecule has 0 saturated carbocycles. The number of fused-ring (bicyclic) bond motifs is 1. The summed E-state index contributed by atoms with van der Waals surface area (Å²) in [5.41, 5.74) is 2.15. The highest BCUT2D eigenvalue weighted by atomic mass is 19.4. The Balaban J connectivity index is 1.75. The number of pyridine rings is 2. The monoisotopic (exact) mass is 422 g/mol. The topological polar surface area (TPSA) is 105 Å². The first-order valence-electron chi connectivity index (χ1n) is 9.24. The molecule has 3 aromatic heterocycles. The van der Waals surface area contributed by atoms with Gasteiger partial charge in [-0.1, -0.05) is 0 Å². The summed E-state index contributed by atoms with van der Waals surface area (Å²) >= 11 is 0. The van der Waals surface area contributed by atoms with E-state index in [2.05, 4.69) is 25.7 Å². The molecule has 0 atom stereocenters. The zero-order valence-electron chi connectivity index (χ0n) is 16.2. The van der Waals surface area contributed by atoms with Crippen LogP contribution in [0.25, 0.3) is 10.9 Å². The van der Waals surface area contributed by atoms with Crippen LogP contribution >= 0.6 is 0 Å². The van der Waals surface area contributed by atoms with E-state index in [9.17, 15) is 18.0 Å². The predicted octanol–water partition coefficient (Wildman–Crippen LogP) is 2.27. The van der Waals surface area contributed by atoms with E-state index in [0.717, 1.165) is 5.56 Å². The van der Waals surface area contributed by atoms with Gasteiger partial charge in [-0.05, 0) is 36.6 Å². The van der Waals surface area contributed by atoms with E-state index >= 15 is 0 Å². The van der Waals surface area contributed by atoms with Crippen LogP contribution in [0.4, 0.5) is 19.0 Å². The summed E-state index contributed by atoms with van der Waals surface area (Å²) in [5, 5.41) is 18.8. The summed E-state index contributed by atoms with van der Waals surface area (Å²) in [4.78, 5) is 20.5. The maximum absolute atomic E-state index is 12.4. The largest absolute Gasteiger partial charge is 0.405 e. The van der Waals surface area contributed by atoms with Crippen molar-refractivity contribution in [2.75, 3.05) is 25.0 Å². The molecule has 0 aromatic carbocycles. The van der Waals surface area contributed by atoms with Crippen LogP contribution in [-0.2, 0) is 6.54 Å². The molecule has 0 aliphatic rings. The maximum atomic E-state index is 12.4. The number of aliphatic hydroxyl groups is 1. The molecule has 0 radical (unpaired) electrons. The highest BCUT2D eigenvalue weighted by molar-refractivity contribution is 6.04. The molecule has 3 N–H and O–H groups in total. The Labute approximate surface area is 170 Å². The normalized spacial score (nSPS) is 11.6. The highest BCUT2D eigenvalue weighted by Gasteiger charge is 2.27. The number of carbonyl (C=O) groups is 1. The van der Waals surface area contributed by atoms with Crippen LogP contribution in [-0.4, -0.2) is 56.6 Å². The van der Waals surface area contributed by atoms with Crippen molar-refractivity contribution in [2.24, 2.45) is 0 Å². The summed E-state index contributed by atoms with van der Waals surface area (Å²) < 4.78 is 38.7. The van der Waals surface area contributed by atoms with Gasteiger partial charge in [0, 0.05) is 31.7 Å². The average Bonchev–Trinajstić information content (AvgIpc) is 3.09. The zero-order chi connectivity index (χ0) is 21.7. The first kappa shape index (κ1) is 21.5. The van der Waals surface area contributed by atoms with Gasteiger partial charge in [-0.2, -0.15) is 18.3 Å². The Morgan fingerprint density at radius 1 is 1.30 bits per heavy atom. The van der Waals surface area contributed by atoms with Gasteiger partial charge in [0.25, 0.3) is 5.91 Å². The number of aryl methyl sites for hydroxylation is 1. The third-order valence-corrected chi connectivity index (χ3v) is 4.25. The Morgan fingerprint density at radius 3 is 2.80 bits per heavy atom. The van der Waals surface area contributed by atoms with Crippen LogP contribution in [0.5, 0.6) is 0 Å². The minimum absolute atomic E-state index is 0.0200. The molecular formula is C19H21F3N6O2. The van der Waals surface area contributed by atoms with E-state index in [1.165, 1.54) is 12.4 Å². The number of aromatic nitrogens is 4. The second-order valence-corrected chi connectivity index (χ2v) is 6.73. The minimum atomic E-state index is -4.32. The molecule has 0 unspecified atom stereocenters. The molecule has 3 rings (SSSR count). The van der Waals surface area contributed by atoms with Crippen molar-refractivity contribution in [3.8, 4) is 0 Å². The SMILES string of the molecule is Cc1cc(Cn2cc3c(C(=O)NCCCO)nccc3n2)cnc1NCC(F)(F)F. The number of halogens is 3. The van der Waals surface area contributed by atoms with Crippen molar-refractivity contribution >= 4 is 22.6 Å². The van der Waals surface area contributed by atoms with Crippen LogP contribution in [0.1, 0.15) is 28.0 Å². The Hall–Kier alpha value is -3.21. The van der Waals surface area contributed by atoms with Gasteiger partial charge in [0.05, 0.1) is 17.4 Å². The summed E-state index contributed by atoms with van der Waals surface area (Å²) in [6, 6.07) is 3.42. The number of rotatable bonds is 8. The van der Waals surface area contributed by atoms with E-state index in [-0.39, 0.29) is 24.0 Å². The molecule has 30 heavy (non-hydrogen) atoms. The van der Waals surface area contributed by atoms with Crippen molar-refractivity contribution in [2.45, 2.75) is 26.1 Å². The van der Waals surface area contributed by atoms with E-state index in [1.54, 1.807) is 29.9 Å². The number of nitrogens with zero attached hydrogens (tertiary/aromatic N) is 4. The molecule has 3 aromatic rings. The predicted molar refractivity (Wildman–Crippen MR) is 104 cm³/mol. The molecule has 11 heteroatoms. The molecule has 0 aliphatic carbocycles. The van der Waals surface area contributed by atoms with Crippen molar-refractivity contribution < 1.29 is 23.1 Å². The zero-order valence-corrected chi connectivity index (χ0v) is 16.2. The summed E-state index contributed by atoms with van der Waals surface area (Å²) in [7, 11) is 0. The van der Waals surface area contributed by atoms with Gasteiger partial charge >= 0.3 is 6.18 Å². The fourth-order valence-corrected chi connectivity index (χ4v) is 2.90. The van der Waals surface area contributed by atoms with Crippen LogP contribution in [0.3, 0.4) is 0 Å². The third-order valence-electron chi connectivity index (χ3n) is 4.25. The van der Waals surface area contributed by atoms with Crippen molar-refractivity contribution in [3.05, 3.63) is 47.5 Å². The lowest BCUT2D eigenvalue weighted by Crippen LogP contribution is -2.26. The van der Waals surface area contributed by atoms with Crippen LogP contribution in [0.2, 0.25) is 0 Å². The van der Waals surface area contributed by atoms with Crippen LogP contribution < -0.4 is 10.6 Å². The Bertz CT molecular complexity index is 1030. The molecule has 0 spiro atoms. The third kappa shape index (κ3) is 5.44. The Kier molecular flexibility index (Phi) is 6.50. The lowest BCUT2D eigenvalue weighted by Gasteiger charge is -2.12. The standard InChI is InChI=1S/C19H21F3N6O2/c1-12-7-13(8-25-17(12)26-11-19(20,21)22)9-28-10-14-15(27-28)3-5-23-16(14)18(30)24-4-2-6-29/h3,5,7-8,10,29H,2,4,6,9,11H2,1H3,(H,24,30)(H,25,26). The number of aliphatic hydroxyl groups excluding tert-OH is 1. The number of nitrogens with one attached hydrogen (secondary N) is 2. The van der Waals surface area contributed by atoms with E-state index < -0.39 is 12.7 Å². The highest BCUT2D eigenvalue weighted by Crippen LogP contribution is 2.20.